The van der Waals surface area contributed by atoms with E-state index in [0.29, 0.717) is 0 Å². The highest BCUT2D eigenvalue weighted by Gasteiger charge is 2.12. The highest BCUT2D eigenvalue weighted by Crippen LogP contribution is 2.28. The molecule has 0 spiro atoms. The summed E-state index contributed by atoms with van der Waals surface area (Å²) < 4.78 is 0. The second-order valence-electron chi connectivity index (χ2n) is 2.92. The number of rotatable bonds is 4. The number of nitrogens with zero attached hydrogens (tertiary/aromatic N) is 1. The molecule has 4 heteroatoms. The summed E-state index contributed by atoms with van der Waals surface area (Å²) in [5.74, 6) is -0.0371. The minimum Gasteiger partial charge on any atom is -0.362 e. The minimum atomic E-state index is -0.0371. The van der Waals surface area contributed by atoms with Crippen molar-refractivity contribution in [3.8, 4) is 0 Å². The first-order valence-corrected chi connectivity index (χ1v) is 5.17. The van der Waals surface area contributed by atoms with Gasteiger partial charge in [-0.3, -0.25) is 0 Å². The van der Waals surface area contributed by atoms with Crippen LogP contribution in [0.1, 0.15) is 30.3 Å². The Labute approximate surface area is 82.2 Å². The summed E-state index contributed by atoms with van der Waals surface area (Å²) in [5, 5.41) is 4.05. The zero-order valence-electron chi connectivity index (χ0n) is 8.13. The Morgan fingerprint density at radius 2 is 2.38 bits per heavy atom. The van der Waals surface area contributed by atoms with Crippen LogP contribution in [0.15, 0.2) is 0 Å². The highest BCUT2D eigenvalue weighted by atomic mass is 32.1. The Kier molecular flexibility index (Phi) is 3.42. The molecule has 13 heavy (non-hydrogen) atoms. The average Bonchev–Trinajstić information content (AvgIpc) is 2.46. The van der Waals surface area contributed by atoms with Gasteiger partial charge in [0, 0.05) is 17.3 Å². The van der Waals surface area contributed by atoms with E-state index < -0.39 is 0 Å². The number of aldehydes is 1. The van der Waals surface area contributed by atoms with Gasteiger partial charge in [0.1, 0.15) is 6.29 Å². The Hall–Kier alpha value is -0.900. The number of carbonyl (C=O) groups excluding carboxylic acids is 1. The first-order chi connectivity index (χ1) is 6.19. The van der Waals surface area contributed by atoms with Crippen LogP contribution in [0.3, 0.4) is 0 Å². The quantitative estimate of drug-likeness (QED) is 0.754. The standard InChI is InChI=1S/C9H14N2OS/c1-4-10-9-11-7(3)8(13-9)6(2)5-12/h5-6H,4H2,1-3H3,(H,10,11). The third-order valence-electron chi connectivity index (χ3n) is 1.78. The smallest absolute Gasteiger partial charge is 0.183 e. The van der Waals surface area contributed by atoms with E-state index in [4.69, 9.17) is 0 Å². The lowest BCUT2D eigenvalue weighted by Crippen LogP contribution is -1.94. The SMILES string of the molecule is CCNc1nc(C)c(C(C)C=O)s1. The molecule has 0 aliphatic rings. The summed E-state index contributed by atoms with van der Waals surface area (Å²) in [7, 11) is 0. The van der Waals surface area contributed by atoms with Crippen molar-refractivity contribution >= 4 is 22.8 Å². The van der Waals surface area contributed by atoms with Crippen molar-refractivity contribution < 1.29 is 4.79 Å². The van der Waals surface area contributed by atoms with Gasteiger partial charge in [-0.2, -0.15) is 0 Å². The molecule has 0 bridgehead atoms. The summed E-state index contributed by atoms with van der Waals surface area (Å²) in [5.41, 5.74) is 0.959. The molecular weight excluding hydrogens is 184 g/mol. The number of thiazole rings is 1. The zero-order valence-corrected chi connectivity index (χ0v) is 8.94. The predicted molar refractivity (Wildman–Crippen MR) is 55.5 cm³/mol. The Bertz CT molecular complexity index is 296. The fourth-order valence-electron chi connectivity index (χ4n) is 1.12. The van der Waals surface area contributed by atoms with E-state index in [9.17, 15) is 4.79 Å². The lowest BCUT2D eigenvalue weighted by molar-refractivity contribution is -0.108. The average molecular weight is 198 g/mol. The van der Waals surface area contributed by atoms with Gasteiger partial charge in [-0.1, -0.05) is 6.92 Å². The maximum absolute atomic E-state index is 10.6. The van der Waals surface area contributed by atoms with Crippen molar-refractivity contribution in [3.05, 3.63) is 10.6 Å². The predicted octanol–water partition coefficient (Wildman–Crippen LogP) is 2.19. The van der Waals surface area contributed by atoms with Crippen LogP contribution in [0.25, 0.3) is 0 Å². The molecule has 1 unspecified atom stereocenters. The molecule has 1 N–H and O–H groups in total. The second-order valence-corrected chi connectivity index (χ2v) is 3.95. The van der Waals surface area contributed by atoms with Gasteiger partial charge in [0.25, 0.3) is 0 Å². The lowest BCUT2D eigenvalue weighted by atomic mass is 10.1. The number of nitrogens with one attached hydrogen (secondary N) is 1. The Morgan fingerprint density at radius 1 is 1.69 bits per heavy atom. The molecule has 3 nitrogen and oxygen atoms in total. The van der Waals surface area contributed by atoms with Crippen LogP contribution in [-0.2, 0) is 4.79 Å². The van der Waals surface area contributed by atoms with Gasteiger partial charge in [-0.25, -0.2) is 4.98 Å². The number of carbonyl (C=O) groups is 1. The maximum Gasteiger partial charge on any atom is 0.183 e. The van der Waals surface area contributed by atoms with Crippen molar-refractivity contribution in [2.75, 3.05) is 11.9 Å². The molecule has 0 radical (unpaired) electrons. The molecular formula is C9H14N2OS. The minimum absolute atomic E-state index is 0.0371. The number of aromatic nitrogens is 1. The molecule has 1 heterocycles. The molecule has 0 aromatic carbocycles. The summed E-state index contributed by atoms with van der Waals surface area (Å²) in [4.78, 5) is 16.0. The molecule has 0 aliphatic heterocycles. The van der Waals surface area contributed by atoms with Gasteiger partial charge in [-0.05, 0) is 13.8 Å². The monoisotopic (exact) mass is 198 g/mol. The van der Waals surface area contributed by atoms with Crippen LogP contribution in [0, 0.1) is 6.92 Å². The Morgan fingerprint density at radius 3 is 2.92 bits per heavy atom. The molecule has 0 amide bonds. The third-order valence-corrected chi connectivity index (χ3v) is 3.09. The normalized spacial score (nSPS) is 12.5. The summed E-state index contributed by atoms with van der Waals surface area (Å²) >= 11 is 1.56. The number of aryl methyl sites for hydroxylation is 1. The maximum atomic E-state index is 10.6. The van der Waals surface area contributed by atoms with E-state index in [1.54, 1.807) is 11.3 Å². The van der Waals surface area contributed by atoms with Gasteiger partial charge in [0.05, 0.1) is 5.69 Å². The number of hydrogen-bond donors (Lipinski definition) is 1. The molecule has 1 atom stereocenters. The van der Waals surface area contributed by atoms with Crippen LogP contribution in [-0.4, -0.2) is 17.8 Å². The summed E-state index contributed by atoms with van der Waals surface area (Å²) in [6.45, 7) is 6.72. The molecule has 1 rings (SSSR count). The number of anilines is 1. The number of hydrogen-bond acceptors (Lipinski definition) is 4. The van der Waals surface area contributed by atoms with E-state index in [0.717, 1.165) is 28.5 Å². The van der Waals surface area contributed by atoms with Crippen molar-refractivity contribution in [2.45, 2.75) is 26.7 Å². The van der Waals surface area contributed by atoms with Gasteiger partial charge in [-0.15, -0.1) is 11.3 Å². The fourth-order valence-corrected chi connectivity index (χ4v) is 2.16. The van der Waals surface area contributed by atoms with E-state index in [-0.39, 0.29) is 5.92 Å². The van der Waals surface area contributed by atoms with Gasteiger partial charge < -0.3 is 10.1 Å². The van der Waals surface area contributed by atoms with E-state index >= 15 is 0 Å². The van der Waals surface area contributed by atoms with Gasteiger partial charge in [0.15, 0.2) is 5.13 Å². The Balaban J connectivity index is 2.88. The summed E-state index contributed by atoms with van der Waals surface area (Å²) in [6.07, 6.45) is 0.955. The van der Waals surface area contributed by atoms with Crippen LogP contribution < -0.4 is 5.32 Å². The van der Waals surface area contributed by atoms with E-state index in [2.05, 4.69) is 10.3 Å². The van der Waals surface area contributed by atoms with E-state index in [1.165, 1.54) is 0 Å². The van der Waals surface area contributed by atoms with Crippen molar-refractivity contribution in [1.82, 2.24) is 4.98 Å². The molecule has 0 fully saturated rings. The highest BCUT2D eigenvalue weighted by molar-refractivity contribution is 7.15. The molecule has 0 saturated heterocycles. The zero-order chi connectivity index (χ0) is 9.84. The first-order valence-electron chi connectivity index (χ1n) is 4.35. The molecule has 0 saturated carbocycles. The van der Waals surface area contributed by atoms with Crippen LogP contribution in [0.5, 0.6) is 0 Å². The lowest BCUT2D eigenvalue weighted by Gasteiger charge is -1.98. The van der Waals surface area contributed by atoms with Gasteiger partial charge >= 0.3 is 0 Å². The van der Waals surface area contributed by atoms with Crippen molar-refractivity contribution in [2.24, 2.45) is 0 Å². The third kappa shape index (κ3) is 2.28. The largest absolute Gasteiger partial charge is 0.362 e. The molecule has 1 aromatic heterocycles. The van der Waals surface area contributed by atoms with E-state index in [1.807, 2.05) is 20.8 Å². The van der Waals surface area contributed by atoms with Crippen LogP contribution >= 0.6 is 11.3 Å². The molecule has 0 aliphatic carbocycles. The topological polar surface area (TPSA) is 42.0 Å². The second kappa shape index (κ2) is 4.37. The van der Waals surface area contributed by atoms with Crippen LogP contribution in [0.2, 0.25) is 0 Å². The van der Waals surface area contributed by atoms with Gasteiger partial charge in [0.2, 0.25) is 0 Å². The first kappa shape index (κ1) is 10.2. The molecule has 1 aromatic rings. The fraction of sp³-hybridized carbons (Fsp3) is 0.556. The van der Waals surface area contributed by atoms with Crippen LogP contribution in [0.4, 0.5) is 5.13 Å². The summed E-state index contributed by atoms with van der Waals surface area (Å²) in [6, 6.07) is 0. The van der Waals surface area contributed by atoms with Crippen molar-refractivity contribution in [3.63, 3.8) is 0 Å². The van der Waals surface area contributed by atoms with Crippen molar-refractivity contribution in [1.29, 1.82) is 0 Å². The molecule has 72 valence electrons.